The summed E-state index contributed by atoms with van der Waals surface area (Å²) < 4.78 is 13.1. The van der Waals surface area contributed by atoms with Crippen molar-refractivity contribution < 1.29 is 33.8 Å². The fourth-order valence-electron chi connectivity index (χ4n) is 8.49. The lowest BCUT2D eigenvalue weighted by Crippen LogP contribution is -2.49. The number of benzene rings is 1. The Morgan fingerprint density at radius 2 is 1.93 bits per heavy atom. The molecule has 1 fully saturated rings. The van der Waals surface area contributed by atoms with Crippen LogP contribution in [0.3, 0.4) is 0 Å². The Morgan fingerprint density at radius 1 is 1.13 bits per heavy atom. The highest BCUT2D eigenvalue weighted by Gasteiger charge is 2.50. The summed E-state index contributed by atoms with van der Waals surface area (Å²) in [7, 11) is 0. The summed E-state index contributed by atoms with van der Waals surface area (Å²) >= 11 is 0. The van der Waals surface area contributed by atoms with Gasteiger partial charge >= 0.3 is 17.9 Å². The highest BCUT2D eigenvalue weighted by atomic mass is 16.6. The molecule has 0 radical (unpaired) electrons. The molecule has 7 rings (SSSR count). The maximum atomic E-state index is 14.3. The molecule has 1 aliphatic carbocycles. The number of nitrogens with zero attached hydrogens (tertiary/aromatic N) is 4. The van der Waals surface area contributed by atoms with E-state index in [-0.39, 0.29) is 42.7 Å². The van der Waals surface area contributed by atoms with Gasteiger partial charge in [-0.1, -0.05) is 64.9 Å². The molecule has 3 aliphatic heterocycles. The van der Waals surface area contributed by atoms with Crippen LogP contribution >= 0.6 is 0 Å². The molecule has 286 valence electrons. The zero-order chi connectivity index (χ0) is 38.1. The number of hydrogen-bond donors (Lipinski definition) is 3. The quantitative estimate of drug-likeness (QED) is 0.117. The van der Waals surface area contributed by atoms with Gasteiger partial charge in [0.15, 0.2) is 0 Å². The maximum absolute atomic E-state index is 14.3. The molecule has 1 aromatic carbocycles. The van der Waals surface area contributed by atoms with Crippen LogP contribution < -0.4 is 21.5 Å². The van der Waals surface area contributed by atoms with E-state index in [9.17, 15) is 29.1 Å². The van der Waals surface area contributed by atoms with Crippen LogP contribution in [0.15, 0.2) is 34.1 Å². The summed E-state index contributed by atoms with van der Waals surface area (Å²) in [5.41, 5.74) is 8.67. The summed E-state index contributed by atoms with van der Waals surface area (Å²) in [5.74, 6) is -3.29. The topological polar surface area (TPSA) is 196 Å². The molecule has 1 amide bonds. The van der Waals surface area contributed by atoms with Gasteiger partial charge in [0.1, 0.15) is 12.6 Å². The van der Waals surface area contributed by atoms with Gasteiger partial charge in [-0.3, -0.25) is 14.4 Å². The Kier molecular flexibility index (Phi) is 10.6. The number of aromatic nitrogens is 2. The second kappa shape index (κ2) is 15.3. The number of ether oxygens (including phenoxy) is 2. The summed E-state index contributed by atoms with van der Waals surface area (Å²) in [5, 5.41) is 13.3. The van der Waals surface area contributed by atoms with Crippen molar-refractivity contribution in [1.29, 1.82) is 0 Å². The van der Waals surface area contributed by atoms with Crippen molar-refractivity contribution in [2.45, 2.75) is 122 Å². The second-order valence-electron chi connectivity index (χ2n) is 14.9. The number of amides is 1. The van der Waals surface area contributed by atoms with E-state index in [0.717, 1.165) is 85.8 Å². The number of nitrogens with two attached hydrogens (primary N) is 1. The molecule has 5 heterocycles. The SMILES string of the molecule is CCCCCN1C=Nc2cccc3nc4c(c1c23)Cn1c-4cc2c(c1=O)COC(=O)[C@@]2(CC)OC(=O)CC[C@H](NC(=O)[C@H](N)CC1CCCCC1)C(=O)O. The lowest BCUT2D eigenvalue weighted by molar-refractivity contribution is -0.189. The molecule has 14 heteroatoms. The Labute approximate surface area is 313 Å². The fraction of sp³-hybridized carbons (Fsp3) is 0.525. The number of anilines is 1. The van der Waals surface area contributed by atoms with Gasteiger partial charge in [-0.25, -0.2) is 19.6 Å². The predicted octanol–water partition coefficient (Wildman–Crippen LogP) is 4.95. The number of unbranched alkanes of at least 4 members (excludes halogenated alkanes) is 2. The van der Waals surface area contributed by atoms with Gasteiger partial charge in [0, 0.05) is 24.1 Å². The number of carboxylic acids is 1. The second-order valence-corrected chi connectivity index (χ2v) is 14.9. The number of hydrogen-bond acceptors (Lipinski definition) is 11. The van der Waals surface area contributed by atoms with E-state index in [2.05, 4.69) is 17.1 Å². The van der Waals surface area contributed by atoms with E-state index in [1.54, 1.807) is 17.6 Å². The summed E-state index contributed by atoms with van der Waals surface area (Å²) in [6.07, 6.45) is 9.93. The molecule has 2 aromatic heterocycles. The van der Waals surface area contributed by atoms with Gasteiger partial charge in [-0.2, -0.15) is 0 Å². The van der Waals surface area contributed by atoms with E-state index in [1.165, 1.54) is 0 Å². The van der Waals surface area contributed by atoms with Crippen LogP contribution in [0.25, 0.3) is 22.3 Å². The van der Waals surface area contributed by atoms with Crippen LogP contribution in [-0.2, 0) is 47.4 Å². The standard InChI is InChI=1S/C40H48N6O8/c1-3-5-9-17-45-22-42-28-13-10-14-29-33(28)35(45)24-20-46-31(34(24)43-29)19-26-25(37(46)49)21-53-39(52)40(26,4-2)54-32(47)16-15-30(38(50)51)44-36(48)27(41)18-23-11-7-6-8-12-23/h10,13-14,19,22-23,27,30H,3-9,11-12,15-18,20-21,41H2,1-2H3,(H,44,48)(H,50,51)/t27-,30+,40+/m1/s1. The monoisotopic (exact) mass is 740 g/mol. The average Bonchev–Trinajstić information content (AvgIpc) is 3.54. The molecule has 3 atom stereocenters. The molecule has 0 unspecified atom stereocenters. The van der Waals surface area contributed by atoms with Crippen molar-refractivity contribution in [2.24, 2.45) is 16.6 Å². The van der Waals surface area contributed by atoms with Crippen molar-refractivity contribution >= 4 is 52.4 Å². The number of carbonyl (C=O) groups is 4. The highest BCUT2D eigenvalue weighted by Crippen LogP contribution is 2.47. The first-order valence-electron chi connectivity index (χ1n) is 19.3. The van der Waals surface area contributed by atoms with E-state index in [4.69, 9.17) is 25.2 Å². The van der Waals surface area contributed by atoms with Crippen molar-refractivity contribution in [3.05, 3.63) is 51.3 Å². The average molecular weight is 741 g/mol. The number of aliphatic imine (C=N–C) groups is 1. The molecule has 1 saturated carbocycles. The van der Waals surface area contributed by atoms with Crippen LogP contribution in [-0.4, -0.2) is 63.4 Å². The normalized spacial score (nSPS) is 19.8. The number of aliphatic carboxylic acids is 1. The maximum Gasteiger partial charge on any atom is 0.355 e. The Balaban J connectivity index is 1.15. The van der Waals surface area contributed by atoms with Crippen LogP contribution in [0.2, 0.25) is 0 Å². The molecule has 3 aromatic rings. The number of nitrogens with one attached hydrogen (secondary N) is 1. The lowest BCUT2D eigenvalue weighted by Gasteiger charge is -2.35. The van der Waals surface area contributed by atoms with Crippen LogP contribution in [0, 0.1) is 5.92 Å². The lowest BCUT2D eigenvalue weighted by atomic mass is 9.85. The molecule has 54 heavy (non-hydrogen) atoms. The van der Waals surface area contributed by atoms with Gasteiger partial charge in [0.2, 0.25) is 11.5 Å². The van der Waals surface area contributed by atoms with Crippen LogP contribution in [0.1, 0.15) is 108 Å². The fourth-order valence-corrected chi connectivity index (χ4v) is 8.49. The largest absolute Gasteiger partial charge is 0.480 e. The zero-order valence-corrected chi connectivity index (χ0v) is 30.9. The molecular formula is C40H48N6O8. The highest BCUT2D eigenvalue weighted by molar-refractivity contribution is 6.11. The van der Waals surface area contributed by atoms with Crippen molar-refractivity contribution in [2.75, 3.05) is 11.4 Å². The Hall–Kier alpha value is -5.11. The van der Waals surface area contributed by atoms with E-state index in [0.29, 0.717) is 23.7 Å². The number of pyridine rings is 2. The predicted molar refractivity (Wildman–Crippen MR) is 201 cm³/mol. The number of carboxylic acid groups (broad SMARTS) is 1. The summed E-state index contributed by atoms with van der Waals surface area (Å²) in [6, 6.07) is 5.20. The Morgan fingerprint density at radius 3 is 2.67 bits per heavy atom. The van der Waals surface area contributed by atoms with Gasteiger partial charge in [0.05, 0.1) is 58.2 Å². The first-order valence-corrected chi connectivity index (χ1v) is 19.3. The third kappa shape index (κ3) is 6.76. The van der Waals surface area contributed by atoms with Crippen molar-refractivity contribution in [3.63, 3.8) is 0 Å². The van der Waals surface area contributed by atoms with Crippen LogP contribution in [0.4, 0.5) is 11.4 Å². The van der Waals surface area contributed by atoms with Gasteiger partial charge in [-0.15, -0.1) is 0 Å². The number of cyclic esters (lactones) is 1. The number of fused-ring (bicyclic) bond motifs is 5. The smallest absolute Gasteiger partial charge is 0.355 e. The van der Waals surface area contributed by atoms with Crippen LogP contribution in [0.5, 0.6) is 0 Å². The third-order valence-electron chi connectivity index (χ3n) is 11.4. The minimum absolute atomic E-state index is 0.0448. The molecule has 0 bridgehead atoms. The minimum atomic E-state index is -1.95. The summed E-state index contributed by atoms with van der Waals surface area (Å²) in [6.45, 7) is 4.51. The first-order chi connectivity index (χ1) is 26.1. The zero-order valence-electron chi connectivity index (χ0n) is 30.9. The molecule has 0 spiro atoms. The summed E-state index contributed by atoms with van der Waals surface area (Å²) in [4.78, 5) is 78.2. The van der Waals surface area contributed by atoms with Gasteiger partial charge < -0.3 is 35.1 Å². The molecule has 4 N–H and O–H groups in total. The van der Waals surface area contributed by atoms with Gasteiger partial charge in [0.25, 0.3) is 5.56 Å². The molecule has 14 nitrogen and oxygen atoms in total. The number of esters is 2. The van der Waals surface area contributed by atoms with Crippen molar-refractivity contribution in [3.8, 4) is 11.4 Å². The molecule has 4 aliphatic rings. The van der Waals surface area contributed by atoms with Gasteiger partial charge in [-0.05, 0) is 49.8 Å². The Bertz CT molecular complexity index is 2090. The van der Waals surface area contributed by atoms with E-state index >= 15 is 0 Å². The third-order valence-corrected chi connectivity index (χ3v) is 11.4. The number of rotatable bonds is 14. The van der Waals surface area contributed by atoms with Crippen molar-refractivity contribution in [1.82, 2.24) is 14.9 Å². The first kappa shape index (κ1) is 37.2. The number of carbonyl (C=O) groups excluding carboxylic acids is 3. The molecular weight excluding hydrogens is 692 g/mol. The minimum Gasteiger partial charge on any atom is -0.480 e. The van der Waals surface area contributed by atoms with E-state index < -0.39 is 47.9 Å². The van der Waals surface area contributed by atoms with E-state index in [1.807, 2.05) is 24.5 Å². The molecule has 0 saturated heterocycles.